The summed E-state index contributed by atoms with van der Waals surface area (Å²) in [6.45, 7) is 0. The lowest BCUT2D eigenvalue weighted by molar-refractivity contribution is -0.138. The van der Waals surface area contributed by atoms with Crippen molar-refractivity contribution >= 4 is 15.9 Å². The van der Waals surface area contributed by atoms with Gasteiger partial charge in [0.2, 0.25) is 0 Å². The fraction of sp³-hybridized carbons (Fsp3) is 0.400. The topological polar surface area (TPSA) is 28.7 Å². The van der Waals surface area contributed by atoms with E-state index in [0.717, 1.165) is 6.33 Å². The van der Waals surface area contributed by atoms with Crippen LogP contribution in [0, 0.1) is 0 Å². The fourth-order valence-corrected chi connectivity index (χ4v) is 1.10. The summed E-state index contributed by atoms with van der Waals surface area (Å²) in [7, 11) is 0. The van der Waals surface area contributed by atoms with E-state index in [0.29, 0.717) is 0 Å². The number of nitrogens with one attached hydrogen (secondary N) is 1. The summed E-state index contributed by atoms with van der Waals surface area (Å²) < 4.78 is 48.2. The minimum atomic E-state index is -4.19. The van der Waals surface area contributed by atoms with Crippen molar-refractivity contribution in [3.05, 3.63) is 16.6 Å². The van der Waals surface area contributed by atoms with E-state index in [1.54, 1.807) is 0 Å². The van der Waals surface area contributed by atoms with Crippen molar-refractivity contribution in [1.29, 1.82) is 0 Å². The first kappa shape index (κ1) is 9.50. The highest BCUT2D eigenvalue weighted by Gasteiger charge is 2.45. The predicted octanol–water partition coefficient (Wildman–Crippen LogP) is 2.53. The van der Waals surface area contributed by atoms with E-state index in [4.69, 9.17) is 0 Å². The molecule has 1 heterocycles. The summed E-state index contributed by atoms with van der Waals surface area (Å²) in [6, 6.07) is 0. The number of imidazole rings is 1. The van der Waals surface area contributed by atoms with Gasteiger partial charge >= 0.3 is 12.3 Å². The molecule has 0 aromatic carbocycles. The van der Waals surface area contributed by atoms with E-state index < -0.39 is 18.0 Å². The highest BCUT2D eigenvalue weighted by atomic mass is 79.9. The molecular weight excluding hydrogens is 244 g/mol. The van der Waals surface area contributed by atoms with Crippen LogP contribution in [-0.4, -0.2) is 16.4 Å². The van der Waals surface area contributed by atoms with Crippen LogP contribution in [0.25, 0.3) is 0 Å². The molecule has 0 atom stereocenters. The van der Waals surface area contributed by atoms with Gasteiger partial charge in [-0.05, 0) is 15.9 Å². The zero-order valence-corrected chi connectivity index (χ0v) is 7.08. The molecular formula is C5H3BrF4N2. The highest BCUT2D eigenvalue weighted by molar-refractivity contribution is 9.10. The van der Waals surface area contributed by atoms with E-state index in [1.165, 1.54) is 0 Å². The Kier molecular flexibility index (Phi) is 2.41. The van der Waals surface area contributed by atoms with Crippen LogP contribution in [0.1, 0.15) is 5.69 Å². The Hall–Kier alpha value is -0.590. The van der Waals surface area contributed by atoms with E-state index in [9.17, 15) is 17.6 Å². The number of halogens is 5. The molecule has 0 aliphatic rings. The number of H-pyrrole nitrogens is 1. The van der Waals surface area contributed by atoms with Gasteiger partial charge in [-0.15, -0.1) is 0 Å². The molecule has 1 rings (SSSR count). The Morgan fingerprint density at radius 1 is 1.50 bits per heavy atom. The molecule has 0 amide bonds. The zero-order chi connectivity index (χ0) is 9.35. The maximum Gasteiger partial charge on any atom is 0.349 e. The second-order valence-electron chi connectivity index (χ2n) is 1.99. The van der Waals surface area contributed by atoms with Gasteiger partial charge in [-0.1, -0.05) is 0 Å². The summed E-state index contributed by atoms with van der Waals surface area (Å²) in [5.41, 5.74) is -0.905. The average molecular weight is 247 g/mol. The second kappa shape index (κ2) is 3.04. The van der Waals surface area contributed by atoms with Crippen molar-refractivity contribution in [2.24, 2.45) is 0 Å². The quantitative estimate of drug-likeness (QED) is 0.799. The van der Waals surface area contributed by atoms with Crippen molar-refractivity contribution in [3.8, 4) is 0 Å². The van der Waals surface area contributed by atoms with Crippen LogP contribution in [0.2, 0.25) is 0 Å². The van der Waals surface area contributed by atoms with E-state index in [2.05, 4.69) is 20.9 Å². The minimum absolute atomic E-state index is 0.298. The summed E-state index contributed by atoms with van der Waals surface area (Å²) in [5.74, 6) is -4.19. The first-order chi connectivity index (χ1) is 5.46. The number of nitrogens with zero attached hydrogens (tertiary/aromatic N) is 1. The first-order valence-electron chi connectivity index (χ1n) is 2.81. The molecule has 0 aliphatic carbocycles. The molecule has 0 aliphatic heterocycles. The lowest BCUT2D eigenvalue weighted by Crippen LogP contribution is -2.24. The average Bonchev–Trinajstić information content (AvgIpc) is 2.35. The number of rotatable bonds is 2. The summed E-state index contributed by atoms with van der Waals surface area (Å²) in [4.78, 5) is 5.25. The van der Waals surface area contributed by atoms with Gasteiger partial charge in [0.05, 0.1) is 6.33 Å². The number of aromatic nitrogens is 2. The predicted molar refractivity (Wildman–Crippen MR) is 36.2 cm³/mol. The van der Waals surface area contributed by atoms with Gasteiger partial charge < -0.3 is 4.98 Å². The minimum Gasteiger partial charge on any atom is -0.342 e. The molecule has 12 heavy (non-hydrogen) atoms. The van der Waals surface area contributed by atoms with Crippen LogP contribution in [0.3, 0.4) is 0 Å². The number of alkyl halides is 4. The standard InChI is InChI=1S/C5H3BrF4N2/c6-3-2(11-1-12-3)5(9,10)4(7)8/h1,4H,(H,11,12). The van der Waals surface area contributed by atoms with Crippen molar-refractivity contribution in [3.63, 3.8) is 0 Å². The molecule has 1 N–H and O–H groups in total. The van der Waals surface area contributed by atoms with Crippen LogP contribution in [0.5, 0.6) is 0 Å². The maximum absolute atomic E-state index is 12.5. The van der Waals surface area contributed by atoms with Gasteiger partial charge in [0.1, 0.15) is 10.3 Å². The van der Waals surface area contributed by atoms with Crippen LogP contribution in [0.4, 0.5) is 17.6 Å². The van der Waals surface area contributed by atoms with E-state index in [1.807, 2.05) is 4.98 Å². The van der Waals surface area contributed by atoms with Crippen molar-refractivity contribution in [2.45, 2.75) is 12.3 Å². The summed E-state index contributed by atoms with van der Waals surface area (Å²) in [6.07, 6.45) is -2.83. The summed E-state index contributed by atoms with van der Waals surface area (Å²) >= 11 is 2.61. The molecule has 0 saturated heterocycles. The molecule has 0 fully saturated rings. The SMILES string of the molecule is FC(F)C(F)(F)c1[nH]cnc1Br. The third-order valence-electron chi connectivity index (χ3n) is 1.20. The van der Waals surface area contributed by atoms with Gasteiger partial charge in [-0.3, -0.25) is 0 Å². The molecule has 0 saturated carbocycles. The molecule has 0 unspecified atom stereocenters. The molecule has 0 bridgehead atoms. The largest absolute Gasteiger partial charge is 0.349 e. The van der Waals surface area contributed by atoms with Crippen molar-refractivity contribution in [2.75, 3.05) is 0 Å². The maximum atomic E-state index is 12.5. The molecule has 1 aromatic heterocycles. The molecule has 0 spiro atoms. The van der Waals surface area contributed by atoms with Crippen LogP contribution < -0.4 is 0 Å². The van der Waals surface area contributed by atoms with E-state index in [-0.39, 0.29) is 4.60 Å². The van der Waals surface area contributed by atoms with Gasteiger partial charge in [0.15, 0.2) is 0 Å². The lowest BCUT2D eigenvalue weighted by atomic mass is 10.3. The Morgan fingerprint density at radius 3 is 2.42 bits per heavy atom. The number of hydrogen-bond donors (Lipinski definition) is 1. The molecule has 1 aromatic rings. The van der Waals surface area contributed by atoms with Gasteiger partial charge in [-0.2, -0.15) is 8.78 Å². The number of aromatic amines is 1. The Balaban J connectivity index is 3.05. The van der Waals surface area contributed by atoms with Gasteiger partial charge in [-0.25, -0.2) is 13.8 Å². The zero-order valence-electron chi connectivity index (χ0n) is 5.49. The molecule has 7 heteroatoms. The Bertz CT molecular complexity index is 272. The van der Waals surface area contributed by atoms with Gasteiger partial charge in [0, 0.05) is 0 Å². The van der Waals surface area contributed by atoms with Gasteiger partial charge in [0.25, 0.3) is 0 Å². The van der Waals surface area contributed by atoms with Crippen molar-refractivity contribution < 1.29 is 17.6 Å². The highest BCUT2D eigenvalue weighted by Crippen LogP contribution is 2.36. The number of hydrogen-bond acceptors (Lipinski definition) is 1. The molecule has 2 nitrogen and oxygen atoms in total. The first-order valence-corrected chi connectivity index (χ1v) is 3.61. The lowest BCUT2D eigenvalue weighted by Gasteiger charge is -2.12. The normalized spacial score (nSPS) is 12.5. The smallest absolute Gasteiger partial charge is 0.342 e. The molecule has 0 radical (unpaired) electrons. The van der Waals surface area contributed by atoms with E-state index >= 15 is 0 Å². The second-order valence-corrected chi connectivity index (χ2v) is 2.74. The Labute approximate surface area is 73.1 Å². The van der Waals surface area contributed by atoms with Crippen LogP contribution >= 0.6 is 15.9 Å². The van der Waals surface area contributed by atoms with Crippen LogP contribution in [-0.2, 0) is 5.92 Å². The van der Waals surface area contributed by atoms with Crippen LogP contribution in [0.15, 0.2) is 10.9 Å². The Morgan fingerprint density at radius 2 is 2.08 bits per heavy atom. The third-order valence-corrected chi connectivity index (χ3v) is 1.80. The third kappa shape index (κ3) is 1.45. The fourth-order valence-electron chi connectivity index (χ4n) is 0.620. The summed E-state index contributed by atoms with van der Waals surface area (Å²) in [5, 5.41) is 0. The monoisotopic (exact) mass is 246 g/mol. The van der Waals surface area contributed by atoms with Crippen molar-refractivity contribution in [1.82, 2.24) is 9.97 Å². The molecule has 68 valence electrons.